The van der Waals surface area contributed by atoms with E-state index in [0.29, 0.717) is 19.6 Å². The van der Waals surface area contributed by atoms with Gasteiger partial charge in [-0.05, 0) is 0 Å². The molecule has 2 saturated heterocycles. The Bertz CT molecular complexity index is 218. The van der Waals surface area contributed by atoms with Gasteiger partial charge in [0.15, 0.2) is 0 Å². The summed E-state index contributed by atoms with van der Waals surface area (Å²) >= 11 is 0. The number of ether oxygens (including phenoxy) is 2. The molecule has 2 heterocycles. The van der Waals surface area contributed by atoms with Crippen LogP contribution in [0.3, 0.4) is 0 Å². The van der Waals surface area contributed by atoms with Gasteiger partial charge in [0, 0.05) is 12.8 Å². The van der Waals surface area contributed by atoms with Gasteiger partial charge >= 0.3 is 8.80 Å². The number of hydrogen-bond donors (Lipinski definition) is 3. The van der Waals surface area contributed by atoms with Crippen molar-refractivity contribution in [1.29, 1.82) is 0 Å². The van der Waals surface area contributed by atoms with Crippen molar-refractivity contribution in [2.75, 3.05) is 13.2 Å². The lowest BCUT2D eigenvalue weighted by molar-refractivity contribution is -0.207. The first kappa shape index (κ1) is 10.5. The van der Waals surface area contributed by atoms with E-state index in [1.54, 1.807) is 6.92 Å². The molecule has 0 amide bonds. The van der Waals surface area contributed by atoms with Crippen LogP contribution < -0.4 is 0 Å². The third kappa shape index (κ3) is 1.42. The van der Waals surface area contributed by atoms with Crippen LogP contribution in [-0.2, 0) is 9.47 Å². The smallest absolute Gasteiger partial charge is 0.390 e. The summed E-state index contributed by atoms with van der Waals surface area (Å²) in [5, 5.41) is 0. The van der Waals surface area contributed by atoms with Gasteiger partial charge in [0.05, 0.1) is 18.8 Å². The van der Waals surface area contributed by atoms with Crippen molar-refractivity contribution in [2.24, 2.45) is 0 Å². The molecule has 0 aromatic heterocycles. The van der Waals surface area contributed by atoms with Crippen molar-refractivity contribution in [3.8, 4) is 0 Å². The second-order valence-electron chi connectivity index (χ2n) is 3.92. The molecular weight excluding hydrogens is 204 g/mol. The van der Waals surface area contributed by atoms with E-state index in [4.69, 9.17) is 9.47 Å². The highest BCUT2D eigenvalue weighted by molar-refractivity contribution is 6.58. The molecule has 0 bridgehead atoms. The summed E-state index contributed by atoms with van der Waals surface area (Å²) in [7, 11) is -4.14. The second kappa shape index (κ2) is 3.26. The molecule has 2 aliphatic rings. The Morgan fingerprint density at radius 3 is 2.14 bits per heavy atom. The Labute approximate surface area is 83.6 Å². The highest BCUT2D eigenvalue weighted by Gasteiger charge is 2.61. The van der Waals surface area contributed by atoms with E-state index in [1.807, 2.05) is 0 Å². The van der Waals surface area contributed by atoms with Crippen LogP contribution in [-0.4, -0.2) is 42.0 Å². The standard InChI is InChI=1S/C8H15O5Si/c1-6(14(9,10)11)8(3-5-13-8)7-2-4-12-7/h6,9-11H,2-5H2,1H3. The molecule has 81 valence electrons. The Kier molecular flexibility index (Phi) is 2.45. The van der Waals surface area contributed by atoms with Gasteiger partial charge in [-0.3, -0.25) is 0 Å². The molecule has 0 aromatic carbocycles. The van der Waals surface area contributed by atoms with Gasteiger partial charge < -0.3 is 23.9 Å². The van der Waals surface area contributed by atoms with E-state index in [1.165, 1.54) is 0 Å². The molecule has 2 atom stereocenters. The fourth-order valence-electron chi connectivity index (χ4n) is 1.98. The predicted molar refractivity (Wildman–Crippen MR) is 48.9 cm³/mol. The average molecular weight is 219 g/mol. The first-order valence-electron chi connectivity index (χ1n) is 4.77. The van der Waals surface area contributed by atoms with Gasteiger partial charge in [0.2, 0.25) is 0 Å². The van der Waals surface area contributed by atoms with Gasteiger partial charge in [-0.1, -0.05) is 6.92 Å². The third-order valence-electron chi connectivity index (χ3n) is 3.19. The minimum absolute atomic E-state index is 0.585. The topological polar surface area (TPSA) is 79.2 Å². The molecule has 1 radical (unpaired) electrons. The highest BCUT2D eigenvalue weighted by Crippen LogP contribution is 2.51. The summed E-state index contributed by atoms with van der Waals surface area (Å²) in [6.45, 7) is 2.84. The van der Waals surface area contributed by atoms with E-state index in [2.05, 4.69) is 0 Å². The SMILES string of the molecule is CC(C1([C]2CCO2)CCO1)[Si](O)(O)O. The summed E-state index contributed by atoms with van der Waals surface area (Å²) in [6.07, 6.45) is 2.24. The van der Waals surface area contributed by atoms with E-state index in [-0.39, 0.29) is 0 Å². The van der Waals surface area contributed by atoms with Crippen LogP contribution in [0.2, 0.25) is 5.54 Å². The average Bonchev–Trinajstić information content (AvgIpc) is 1.89. The maximum atomic E-state index is 9.26. The van der Waals surface area contributed by atoms with Gasteiger partial charge in [-0.2, -0.15) is 0 Å². The lowest BCUT2D eigenvalue weighted by atomic mass is 9.82. The van der Waals surface area contributed by atoms with Crippen molar-refractivity contribution < 1.29 is 23.9 Å². The van der Waals surface area contributed by atoms with Crippen LogP contribution in [0, 0.1) is 6.10 Å². The van der Waals surface area contributed by atoms with Gasteiger partial charge in [-0.15, -0.1) is 0 Å². The molecule has 2 unspecified atom stereocenters. The highest BCUT2D eigenvalue weighted by atomic mass is 28.4. The Hall–Kier alpha value is 0.0169. The van der Waals surface area contributed by atoms with Gasteiger partial charge in [0.1, 0.15) is 11.7 Å². The minimum Gasteiger partial charge on any atom is -0.390 e. The minimum atomic E-state index is -4.14. The van der Waals surface area contributed by atoms with Crippen LogP contribution in [0.25, 0.3) is 0 Å². The summed E-state index contributed by atoms with van der Waals surface area (Å²) in [5.74, 6) is 0. The molecule has 5 nitrogen and oxygen atoms in total. The fraction of sp³-hybridized carbons (Fsp3) is 0.875. The van der Waals surface area contributed by atoms with Crippen LogP contribution in [0.5, 0.6) is 0 Å². The van der Waals surface area contributed by atoms with Crippen LogP contribution >= 0.6 is 0 Å². The first-order chi connectivity index (χ1) is 6.47. The van der Waals surface area contributed by atoms with E-state index in [9.17, 15) is 14.4 Å². The first-order valence-corrected chi connectivity index (χ1v) is 6.69. The molecule has 0 saturated carbocycles. The van der Waals surface area contributed by atoms with Gasteiger partial charge in [0.25, 0.3) is 0 Å². The molecule has 2 fully saturated rings. The van der Waals surface area contributed by atoms with Crippen molar-refractivity contribution in [3.63, 3.8) is 0 Å². The Morgan fingerprint density at radius 1 is 1.36 bits per heavy atom. The van der Waals surface area contributed by atoms with E-state index >= 15 is 0 Å². The molecule has 2 rings (SSSR count). The zero-order valence-electron chi connectivity index (χ0n) is 8.06. The van der Waals surface area contributed by atoms with Crippen molar-refractivity contribution in [3.05, 3.63) is 6.10 Å². The molecule has 0 aliphatic carbocycles. The van der Waals surface area contributed by atoms with E-state index < -0.39 is 19.9 Å². The third-order valence-corrected chi connectivity index (χ3v) is 4.82. The van der Waals surface area contributed by atoms with E-state index in [0.717, 1.165) is 12.5 Å². The quantitative estimate of drug-likeness (QED) is 0.553. The molecule has 6 heteroatoms. The molecule has 3 N–H and O–H groups in total. The summed E-state index contributed by atoms with van der Waals surface area (Å²) in [5.41, 5.74) is -1.40. The summed E-state index contributed by atoms with van der Waals surface area (Å²) < 4.78 is 10.6. The molecule has 2 aliphatic heterocycles. The zero-order valence-corrected chi connectivity index (χ0v) is 9.06. The second-order valence-corrected chi connectivity index (χ2v) is 6.16. The number of rotatable bonds is 3. The normalized spacial score (nSPS) is 36.0. The van der Waals surface area contributed by atoms with Crippen molar-refractivity contribution in [2.45, 2.75) is 30.9 Å². The maximum Gasteiger partial charge on any atom is 0.498 e. The van der Waals surface area contributed by atoms with Crippen molar-refractivity contribution >= 4 is 8.80 Å². The van der Waals surface area contributed by atoms with Crippen molar-refractivity contribution in [1.82, 2.24) is 0 Å². The van der Waals surface area contributed by atoms with Crippen LogP contribution in [0.4, 0.5) is 0 Å². The molecular formula is C8H15O5Si. The maximum absolute atomic E-state index is 9.26. The number of hydrogen-bond acceptors (Lipinski definition) is 5. The molecule has 0 aromatic rings. The Morgan fingerprint density at radius 2 is 1.93 bits per heavy atom. The predicted octanol–water partition coefficient (Wildman–Crippen LogP) is -0.596. The molecule has 0 spiro atoms. The van der Waals surface area contributed by atoms with Crippen LogP contribution in [0.1, 0.15) is 19.8 Å². The van der Waals surface area contributed by atoms with Crippen LogP contribution in [0.15, 0.2) is 0 Å². The Balaban J connectivity index is 2.11. The molecule has 14 heavy (non-hydrogen) atoms. The fourth-order valence-corrected chi connectivity index (χ4v) is 2.99. The largest absolute Gasteiger partial charge is 0.498 e. The van der Waals surface area contributed by atoms with Gasteiger partial charge in [-0.25, -0.2) is 0 Å². The lowest BCUT2D eigenvalue weighted by Gasteiger charge is -2.53. The lowest BCUT2D eigenvalue weighted by Crippen LogP contribution is -2.62. The monoisotopic (exact) mass is 219 g/mol. The summed E-state index contributed by atoms with van der Waals surface area (Å²) in [6, 6.07) is 0. The summed E-state index contributed by atoms with van der Waals surface area (Å²) in [4.78, 5) is 27.8. The zero-order chi connectivity index (χ0) is 10.4.